The second kappa shape index (κ2) is 15.0. The van der Waals surface area contributed by atoms with Crippen LogP contribution in [0.25, 0.3) is 11.0 Å². The molecule has 19 nitrogen and oxygen atoms in total. The molecule has 3 aromatic rings. The van der Waals surface area contributed by atoms with E-state index in [-0.39, 0.29) is 71.8 Å². The average Bonchev–Trinajstić information content (AvgIpc) is 3.34. The number of nitrogens with one attached hydrogen (secondary N) is 3. The molecule has 0 bridgehead atoms. The maximum Gasteiger partial charge on any atom is 0.333 e. The highest BCUT2D eigenvalue weighted by molar-refractivity contribution is 6.24. The molecule has 19 heteroatoms. The number of amides is 7. The molecule has 2 aliphatic heterocycles. The molecule has 0 radical (unpaired) electrons. The van der Waals surface area contributed by atoms with E-state index in [1.165, 1.54) is 18.2 Å². The summed E-state index contributed by atoms with van der Waals surface area (Å²) in [5, 5.41) is 7.37. The summed E-state index contributed by atoms with van der Waals surface area (Å²) >= 11 is 0. The number of pyridine rings is 1. The number of rotatable bonds is 14. The van der Waals surface area contributed by atoms with Crippen molar-refractivity contribution in [2.75, 3.05) is 25.4 Å². The number of aromatic nitrogens is 3. The number of nitrogens with zero attached hydrogens (tertiary/aromatic N) is 4. The van der Waals surface area contributed by atoms with Gasteiger partial charge in [0.2, 0.25) is 17.7 Å². The number of fused-ring (bicyclic) bond motifs is 2. The van der Waals surface area contributed by atoms with E-state index in [1.807, 2.05) is 0 Å². The fourth-order valence-corrected chi connectivity index (χ4v) is 5.85. The smallest absolute Gasteiger partial charge is 0.333 e. The third-order valence-corrected chi connectivity index (χ3v) is 8.39. The molecule has 0 saturated carbocycles. The van der Waals surface area contributed by atoms with Crippen LogP contribution in [0, 0.1) is 0 Å². The number of nitrogen functional groups attached to an aromatic ring is 1. The Bertz CT molecular complexity index is 2110. The van der Waals surface area contributed by atoms with Crippen LogP contribution in [0.5, 0.6) is 5.75 Å². The van der Waals surface area contributed by atoms with Crippen molar-refractivity contribution in [3.63, 3.8) is 0 Å². The third kappa shape index (κ3) is 7.31. The average molecular weight is 706 g/mol. The predicted octanol–water partition coefficient (Wildman–Crippen LogP) is -1.86. The maximum atomic E-state index is 13.2. The minimum Gasteiger partial charge on any atom is -0.483 e. The molecule has 1 aromatic carbocycles. The Morgan fingerprint density at radius 2 is 1.69 bits per heavy atom. The number of carbonyl (C=O) groups is 7. The van der Waals surface area contributed by atoms with Gasteiger partial charge in [0.1, 0.15) is 24.2 Å². The van der Waals surface area contributed by atoms with Crippen LogP contribution in [-0.4, -0.2) is 86.1 Å². The monoisotopic (exact) mass is 705 g/mol. The minimum atomic E-state index is -1.13. The summed E-state index contributed by atoms with van der Waals surface area (Å²) in [6, 6.07) is 4.36. The molecule has 1 fully saturated rings. The van der Waals surface area contributed by atoms with Crippen molar-refractivity contribution in [1.29, 1.82) is 0 Å². The zero-order valence-electron chi connectivity index (χ0n) is 27.5. The molecule has 51 heavy (non-hydrogen) atoms. The second-order valence-corrected chi connectivity index (χ2v) is 11.7. The number of piperidine rings is 1. The van der Waals surface area contributed by atoms with Crippen molar-refractivity contribution >= 4 is 58.2 Å². The number of unbranched alkanes of at least 4 members (excludes halogenated alkanes) is 2. The quantitative estimate of drug-likeness (QED) is 0.0913. The molecule has 7 amide bonds. The Hall–Kier alpha value is -6.40. The van der Waals surface area contributed by atoms with Crippen LogP contribution in [0.1, 0.15) is 70.1 Å². The summed E-state index contributed by atoms with van der Waals surface area (Å²) in [6.07, 6.45) is 1.65. The Morgan fingerprint density at radius 1 is 0.980 bits per heavy atom. The highest BCUT2D eigenvalue weighted by Gasteiger charge is 2.46. The molecule has 7 N–H and O–H groups in total. The first-order valence-corrected chi connectivity index (χ1v) is 16.1. The van der Waals surface area contributed by atoms with Crippen LogP contribution < -0.4 is 43.4 Å². The van der Waals surface area contributed by atoms with Crippen LogP contribution in [-0.2, 0) is 32.3 Å². The van der Waals surface area contributed by atoms with Gasteiger partial charge in [-0.15, -0.1) is 0 Å². The molecule has 1 atom stereocenters. The summed E-state index contributed by atoms with van der Waals surface area (Å²) in [5.74, 6) is -4.88. The van der Waals surface area contributed by atoms with Gasteiger partial charge in [0.05, 0.1) is 22.1 Å². The van der Waals surface area contributed by atoms with Gasteiger partial charge in [-0.1, -0.05) is 6.07 Å². The number of benzene rings is 1. The lowest BCUT2D eigenvalue weighted by molar-refractivity contribution is -0.136. The Balaban J connectivity index is 1.06. The summed E-state index contributed by atoms with van der Waals surface area (Å²) in [5.41, 5.74) is 9.24. The first-order valence-electron chi connectivity index (χ1n) is 16.1. The van der Waals surface area contributed by atoms with Crippen molar-refractivity contribution < 1.29 is 38.3 Å². The predicted molar refractivity (Wildman–Crippen MR) is 177 cm³/mol. The lowest BCUT2D eigenvalue weighted by atomic mass is 10.0. The normalized spacial score (nSPS) is 15.5. The molecule has 0 spiro atoms. The van der Waals surface area contributed by atoms with Crippen molar-refractivity contribution in [2.45, 2.75) is 58.2 Å². The van der Waals surface area contributed by atoms with Gasteiger partial charge >= 0.3 is 5.69 Å². The lowest BCUT2D eigenvalue weighted by Gasteiger charge is -2.27. The Morgan fingerprint density at radius 3 is 2.35 bits per heavy atom. The molecule has 1 unspecified atom stereocenters. The summed E-state index contributed by atoms with van der Waals surface area (Å²) in [4.78, 5) is 118. The summed E-state index contributed by atoms with van der Waals surface area (Å²) in [6.45, 7) is 1.24. The van der Waals surface area contributed by atoms with Gasteiger partial charge in [-0.05, 0) is 50.8 Å². The number of ether oxygens (including phenoxy) is 1. The number of nitrogens with two attached hydrogens (primary N) is 2. The van der Waals surface area contributed by atoms with E-state index >= 15 is 0 Å². The van der Waals surface area contributed by atoms with Crippen molar-refractivity contribution in [3.05, 3.63) is 61.8 Å². The van der Waals surface area contributed by atoms with Crippen LogP contribution in [0.3, 0.4) is 0 Å². The van der Waals surface area contributed by atoms with Gasteiger partial charge in [-0.2, -0.15) is 0 Å². The third-order valence-electron chi connectivity index (χ3n) is 8.39. The molecular weight excluding hydrogens is 670 g/mol. The number of primary amides is 1. The fourth-order valence-electron chi connectivity index (χ4n) is 5.85. The molecule has 5 rings (SSSR count). The maximum absolute atomic E-state index is 13.2. The van der Waals surface area contributed by atoms with Gasteiger partial charge in [0, 0.05) is 26.1 Å². The van der Waals surface area contributed by atoms with Crippen molar-refractivity contribution in [1.82, 2.24) is 35.0 Å². The second-order valence-electron chi connectivity index (χ2n) is 11.7. The van der Waals surface area contributed by atoms with E-state index in [1.54, 1.807) is 6.92 Å². The molecule has 268 valence electrons. The molecule has 1 saturated heterocycles. The standard InChI is InChI=1S/C32H35N9O10/c1-2-39-27-18(13-17(26(34)45)25(33)38-27)29(47)40(32(39)50)14-22(43)35-11-4-3-5-12-36-23(44)15-51-20-8-6-7-16-24(20)31(49)41(30(16)48)19-9-10-21(42)37-28(19)46/h6-8,13,19H,2-5,9-12,14-15H2,1H3,(H2,33,38)(H2,34,45)(H,35,43)(H,36,44)(H,37,42,46). The van der Waals surface area contributed by atoms with Crippen molar-refractivity contribution in [3.8, 4) is 5.75 Å². The van der Waals surface area contributed by atoms with E-state index in [2.05, 4.69) is 20.9 Å². The number of aryl methyl sites for hydroxylation is 1. The molecule has 2 aliphatic rings. The minimum absolute atomic E-state index is 0.00266. The summed E-state index contributed by atoms with van der Waals surface area (Å²) < 4.78 is 7.47. The Labute approximate surface area is 288 Å². The van der Waals surface area contributed by atoms with Gasteiger partial charge in [-0.25, -0.2) is 9.78 Å². The van der Waals surface area contributed by atoms with Crippen LogP contribution >= 0.6 is 0 Å². The Kier molecular flexibility index (Phi) is 10.6. The molecule has 2 aromatic heterocycles. The number of anilines is 1. The summed E-state index contributed by atoms with van der Waals surface area (Å²) in [7, 11) is 0. The first-order chi connectivity index (χ1) is 24.3. The van der Waals surface area contributed by atoms with E-state index in [0.717, 1.165) is 20.1 Å². The number of imide groups is 2. The molecular formula is C32H35N9O10. The fraction of sp³-hybridized carbons (Fsp3) is 0.375. The zero-order valence-corrected chi connectivity index (χ0v) is 27.5. The van der Waals surface area contributed by atoms with E-state index in [0.29, 0.717) is 19.3 Å². The number of hydrogen-bond donors (Lipinski definition) is 5. The van der Waals surface area contributed by atoms with Crippen LogP contribution in [0.4, 0.5) is 5.82 Å². The highest BCUT2D eigenvalue weighted by Crippen LogP contribution is 2.33. The van der Waals surface area contributed by atoms with Gasteiger partial charge in [0.25, 0.3) is 29.2 Å². The van der Waals surface area contributed by atoms with E-state index in [4.69, 9.17) is 16.2 Å². The van der Waals surface area contributed by atoms with Gasteiger partial charge in [0.15, 0.2) is 12.3 Å². The van der Waals surface area contributed by atoms with Crippen molar-refractivity contribution in [2.24, 2.45) is 5.73 Å². The molecule has 0 aliphatic carbocycles. The van der Waals surface area contributed by atoms with Gasteiger partial charge < -0.3 is 26.8 Å². The van der Waals surface area contributed by atoms with Crippen LogP contribution in [0.2, 0.25) is 0 Å². The van der Waals surface area contributed by atoms with E-state index in [9.17, 15) is 43.2 Å². The van der Waals surface area contributed by atoms with Crippen LogP contribution in [0.15, 0.2) is 33.9 Å². The number of hydrogen-bond acceptors (Lipinski definition) is 12. The first kappa shape index (κ1) is 35.9. The molecule has 4 heterocycles. The largest absolute Gasteiger partial charge is 0.483 e. The van der Waals surface area contributed by atoms with Gasteiger partial charge in [-0.3, -0.25) is 57.7 Å². The lowest BCUT2D eigenvalue weighted by Crippen LogP contribution is -2.54. The number of carbonyl (C=O) groups excluding carboxylic acids is 7. The topological polar surface area (TPSA) is 277 Å². The highest BCUT2D eigenvalue weighted by atomic mass is 16.5. The van der Waals surface area contributed by atoms with E-state index < -0.39 is 71.8 Å². The zero-order chi connectivity index (χ0) is 37.0. The SMILES string of the molecule is CCn1c(=O)n(CC(=O)NCCCCCNC(=O)COc2cccc3c2C(=O)N(C2CCC(=O)NC2=O)C3=O)c(=O)c2cc(C(N)=O)c(N)nc21.